The van der Waals surface area contributed by atoms with Gasteiger partial charge in [0.05, 0.1) is 0 Å². The van der Waals surface area contributed by atoms with E-state index in [4.69, 9.17) is 10.8 Å². The lowest BCUT2D eigenvalue weighted by atomic mass is 10.0. The first kappa shape index (κ1) is 17.1. The highest BCUT2D eigenvalue weighted by Gasteiger charge is 2.28. The minimum absolute atomic E-state index is 0. The van der Waals surface area contributed by atoms with Gasteiger partial charge in [0, 0.05) is 18.2 Å². The molecular formula is C10H11ClF5NO. The molecule has 0 aliphatic carbocycles. The number of hydrogen-bond donors (Lipinski definition) is 2. The summed E-state index contributed by atoms with van der Waals surface area (Å²) in [7, 11) is 0. The van der Waals surface area contributed by atoms with Crippen LogP contribution in [0.2, 0.25) is 0 Å². The van der Waals surface area contributed by atoms with Crippen molar-refractivity contribution in [3.05, 3.63) is 34.6 Å². The molecule has 0 spiro atoms. The van der Waals surface area contributed by atoms with Crippen LogP contribution in [0.15, 0.2) is 0 Å². The zero-order chi connectivity index (χ0) is 13.2. The number of nitrogens with two attached hydrogens (primary N) is 1. The van der Waals surface area contributed by atoms with E-state index in [1.54, 1.807) is 0 Å². The van der Waals surface area contributed by atoms with Crippen molar-refractivity contribution in [3.8, 4) is 0 Å². The Labute approximate surface area is 106 Å². The lowest BCUT2D eigenvalue weighted by Gasteiger charge is -2.14. The molecule has 18 heavy (non-hydrogen) atoms. The molecule has 0 radical (unpaired) electrons. The maximum Gasteiger partial charge on any atom is 0.200 e. The van der Waals surface area contributed by atoms with Crippen molar-refractivity contribution in [2.75, 3.05) is 6.61 Å². The van der Waals surface area contributed by atoms with Crippen LogP contribution in [0.1, 0.15) is 24.4 Å². The molecular weight excluding hydrogens is 281 g/mol. The quantitative estimate of drug-likeness (QED) is 0.509. The summed E-state index contributed by atoms with van der Waals surface area (Å²) in [6.07, 6.45) is 0.00944. The molecule has 1 aromatic carbocycles. The van der Waals surface area contributed by atoms with E-state index in [9.17, 15) is 22.0 Å². The van der Waals surface area contributed by atoms with Crippen molar-refractivity contribution in [1.29, 1.82) is 0 Å². The average molecular weight is 292 g/mol. The molecule has 1 rings (SSSR count). The molecule has 8 heteroatoms. The molecule has 2 nitrogen and oxygen atoms in total. The average Bonchev–Trinajstić information content (AvgIpc) is 2.31. The third-order valence-electron chi connectivity index (χ3n) is 2.29. The summed E-state index contributed by atoms with van der Waals surface area (Å²) in [5.41, 5.74) is 4.28. The SMILES string of the molecule is Cl.N[C@@H](CCCO)c1c(F)c(F)c(F)c(F)c1F. The van der Waals surface area contributed by atoms with Crippen molar-refractivity contribution < 1.29 is 27.1 Å². The van der Waals surface area contributed by atoms with E-state index in [1.807, 2.05) is 0 Å². The van der Waals surface area contributed by atoms with E-state index in [2.05, 4.69) is 0 Å². The highest BCUT2D eigenvalue weighted by Crippen LogP contribution is 2.28. The second-order valence-electron chi connectivity index (χ2n) is 3.46. The summed E-state index contributed by atoms with van der Waals surface area (Å²) in [5.74, 6) is -10.1. The highest BCUT2D eigenvalue weighted by atomic mass is 35.5. The second-order valence-corrected chi connectivity index (χ2v) is 3.46. The minimum atomic E-state index is -2.21. The molecule has 0 saturated heterocycles. The Hall–Kier alpha value is -0.920. The van der Waals surface area contributed by atoms with Crippen LogP contribution in [-0.2, 0) is 0 Å². The van der Waals surface area contributed by atoms with Gasteiger partial charge in [-0.3, -0.25) is 0 Å². The Morgan fingerprint density at radius 1 is 0.889 bits per heavy atom. The third-order valence-corrected chi connectivity index (χ3v) is 2.29. The molecule has 0 bridgehead atoms. The molecule has 1 aromatic rings. The Morgan fingerprint density at radius 2 is 1.28 bits per heavy atom. The van der Waals surface area contributed by atoms with Crippen molar-refractivity contribution in [2.24, 2.45) is 5.73 Å². The zero-order valence-corrected chi connectivity index (χ0v) is 9.84. The molecule has 0 unspecified atom stereocenters. The fraction of sp³-hybridized carbons (Fsp3) is 0.400. The van der Waals surface area contributed by atoms with E-state index in [-0.39, 0.29) is 31.9 Å². The normalized spacial score (nSPS) is 12.2. The van der Waals surface area contributed by atoms with Gasteiger partial charge in [0.25, 0.3) is 0 Å². The van der Waals surface area contributed by atoms with Gasteiger partial charge in [-0.05, 0) is 12.8 Å². The fourth-order valence-corrected chi connectivity index (χ4v) is 1.40. The summed E-state index contributed by atoms with van der Waals surface area (Å²) < 4.78 is 64.8. The Balaban J connectivity index is 0.00000289. The lowest BCUT2D eigenvalue weighted by Crippen LogP contribution is -2.18. The molecule has 1 atom stereocenters. The van der Waals surface area contributed by atoms with Crippen LogP contribution in [-0.4, -0.2) is 11.7 Å². The summed E-state index contributed by atoms with van der Waals surface area (Å²) >= 11 is 0. The number of aliphatic hydroxyl groups is 1. The molecule has 0 saturated carbocycles. The second kappa shape index (κ2) is 6.86. The van der Waals surface area contributed by atoms with E-state index < -0.39 is 40.7 Å². The zero-order valence-electron chi connectivity index (χ0n) is 9.02. The smallest absolute Gasteiger partial charge is 0.200 e. The van der Waals surface area contributed by atoms with Crippen LogP contribution < -0.4 is 5.73 Å². The van der Waals surface area contributed by atoms with Crippen LogP contribution in [0.25, 0.3) is 0 Å². The van der Waals surface area contributed by atoms with Gasteiger partial charge >= 0.3 is 0 Å². The molecule has 3 N–H and O–H groups in total. The standard InChI is InChI=1S/C10H10F5NO.ClH/c11-6-5(4(16)2-1-3-17)7(12)9(14)10(15)8(6)13;/h4,17H,1-3,16H2;1H/t4-;/m0./s1. The molecule has 0 aliphatic heterocycles. The summed E-state index contributed by atoms with van der Waals surface area (Å²) in [4.78, 5) is 0. The number of aliphatic hydroxyl groups excluding tert-OH is 1. The van der Waals surface area contributed by atoms with Gasteiger partial charge in [-0.15, -0.1) is 12.4 Å². The van der Waals surface area contributed by atoms with Gasteiger partial charge in [0.1, 0.15) is 0 Å². The lowest BCUT2D eigenvalue weighted by molar-refractivity contribution is 0.277. The van der Waals surface area contributed by atoms with Crippen molar-refractivity contribution in [2.45, 2.75) is 18.9 Å². The van der Waals surface area contributed by atoms with Gasteiger partial charge in [-0.2, -0.15) is 0 Å². The first-order valence-corrected chi connectivity index (χ1v) is 4.79. The van der Waals surface area contributed by atoms with Crippen LogP contribution >= 0.6 is 12.4 Å². The fourth-order valence-electron chi connectivity index (χ4n) is 1.40. The van der Waals surface area contributed by atoms with Gasteiger partial charge in [-0.25, -0.2) is 22.0 Å². The maximum absolute atomic E-state index is 13.2. The van der Waals surface area contributed by atoms with Gasteiger partial charge in [0.15, 0.2) is 23.3 Å². The summed E-state index contributed by atoms with van der Waals surface area (Å²) in [5, 5.41) is 8.50. The number of halogens is 6. The predicted octanol–water partition coefficient (Wildman–Crippen LogP) is 2.58. The maximum atomic E-state index is 13.2. The molecule has 0 aromatic heterocycles. The largest absolute Gasteiger partial charge is 0.396 e. The number of hydrogen-bond acceptors (Lipinski definition) is 2. The number of rotatable bonds is 4. The topological polar surface area (TPSA) is 46.2 Å². The Bertz CT molecular complexity index is 400. The predicted molar refractivity (Wildman–Crippen MR) is 56.7 cm³/mol. The molecule has 0 amide bonds. The molecule has 104 valence electrons. The first-order chi connectivity index (χ1) is 7.91. The summed E-state index contributed by atoms with van der Waals surface area (Å²) in [6, 6.07) is -1.35. The van der Waals surface area contributed by atoms with Gasteiger partial charge in [-0.1, -0.05) is 0 Å². The molecule has 0 fully saturated rings. The Morgan fingerprint density at radius 3 is 1.67 bits per heavy atom. The highest BCUT2D eigenvalue weighted by molar-refractivity contribution is 5.85. The van der Waals surface area contributed by atoms with Crippen LogP contribution in [0, 0.1) is 29.1 Å². The van der Waals surface area contributed by atoms with Gasteiger partial charge < -0.3 is 10.8 Å². The van der Waals surface area contributed by atoms with Crippen LogP contribution in [0.3, 0.4) is 0 Å². The van der Waals surface area contributed by atoms with Crippen LogP contribution in [0.5, 0.6) is 0 Å². The van der Waals surface area contributed by atoms with E-state index in [0.717, 1.165) is 0 Å². The number of benzene rings is 1. The monoisotopic (exact) mass is 291 g/mol. The van der Waals surface area contributed by atoms with Crippen molar-refractivity contribution in [3.63, 3.8) is 0 Å². The Kier molecular flexibility index (Phi) is 6.51. The van der Waals surface area contributed by atoms with Crippen molar-refractivity contribution >= 4 is 12.4 Å². The minimum Gasteiger partial charge on any atom is -0.396 e. The first-order valence-electron chi connectivity index (χ1n) is 4.79. The van der Waals surface area contributed by atoms with Gasteiger partial charge in [0.2, 0.25) is 5.82 Å². The third kappa shape index (κ3) is 3.09. The van der Waals surface area contributed by atoms with E-state index in [1.165, 1.54) is 0 Å². The van der Waals surface area contributed by atoms with Crippen molar-refractivity contribution in [1.82, 2.24) is 0 Å². The molecule has 0 heterocycles. The van der Waals surface area contributed by atoms with E-state index >= 15 is 0 Å². The van der Waals surface area contributed by atoms with E-state index in [0.29, 0.717) is 0 Å². The molecule has 0 aliphatic rings. The van der Waals surface area contributed by atoms with Crippen LogP contribution in [0.4, 0.5) is 22.0 Å². The summed E-state index contributed by atoms with van der Waals surface area (Å²) in [6.45, 7) is -0.289.